The molecule has 9 heteroatoms. The van der Waals surface area contributed by atoms with E-state index in [1.807, 2.05) is 23.6 Å². The van der Waals surface area contributed by atoms with E-state index in [-0.39, 0.29) is 46.6 Å². The normalized spacial score (nSPS) is 27.6. The van der Waals surface area contributed by atoms with Crippen LogP contribution in [0.5, 0.6) is 5.75 Å². The van der Waals surface area contributed by atoms with E-state index >= 15 is 0 Å². The average Bonchev–Trinajstić information content (AvgIpc) is 3.45. The zero-order valence-corrected chi connectivity index (χ0v) is 21.9. The van der Waals surface area contributed by atoms with Crippen LogP contribution in [0.4, 0.5) is 0 Å². The highest BCUT2D eigenvalue weighted by atomic mass is 79.9. The van der Waals surface area contributed by atoms with Gasteiger partial charge in [-0.2, -0.15) is 0 Å². The Morgan fingerprint density at radius 2 is 1.92 bits per heavy atom. The van der Waals surface area contributed by atoms with Crippen LogP contribution in [-0.4, -0.2) is 33.4 Å². The van der Waals surface area contributed by atoms with Crippen LogP contribution in [0.1, 0.15) is 29.2 Å². The van der Waals surface area contributed by atoms with Crippen molar-refractivity contribution >= 4 is 62.2 Å². The van der Waals surface area contributed by atoms with E-state index in [9.17, 15) is 24.3 Å². The van der Waals surface area contributed by atoms with Gasteiger partial charge < -0.3 is 5.11 Å². The van der Waals surface area contributed by atoms with Crippen molar-refractivity contribution < 1.29 is 24.3 Å². The summed E-state index contributed by atoms with van der Waals surface area (Å²) in [5.74, 6) is -3.49. The van der Waals surface area contributed by atoms with Crippen molar-refractivity contribution in [2.45, 2.75) is 25.3 Å². The predicted molar refractivity (Wildman–Crippen MR) is 138 cm³/mol. The van der Waals surface area contributed by atoms with Gasteiger partial charge >= 0.3 is 0 Å². The molecule has 0 spiro atoms. The molecule has 1 aliphatic heterocycles. The number of amides is 2. The maximum absolute atomic E-state index is 13.7. The van der Waals surface area contributed by atoms with Gasteiger partial charge in [-0.1, -0.05) is 29.3 Å². The summed E-state index contributed by atoms with van der Waals surface area (Å²) < 4.78 is 0.160. The number of hydrogen-bond acceptors (Lipinski definition) is 6. The fourth-order valence-electron chi connectivity index (χ4n) is 6.10. The molecule has 1 aromatic carbocycles. The summed E-state index contributed by atoms with van der Waals surface area (Å²) in [4.78, 5) is 55.7. The first-order valence-electron chi connectivity index (χ1n) is 11.5. The summed E-state index contributed by atoms with van der Waals surface area (Å²) >= 11 is 11.0. The van der Waals surface area contributed by atoms with Crippen LogP contribution in [0.3, 0.4) is 0 Å². The number of thiophene rings is 1. The summed E-state index contributed by atoms with van der Waals surface area (Å²) in [5, 5.41) is 13.1. The molecule has 3 aliphatic carbocycles. The maximum atomic E-state index is 13.7. The van der Waals surface area contributed by atoms with Gasteiger partial charge in [0.25, 0.3) is 0 Å². The number of ketones is 2. The standard InChI is InChI=1S/C27H19BrClNO5S/c28-19-10-21(32)24-18(25(19)33)9-16-14(22(24)17-8-12(29)3-6-20(17)31)4-5-15-23(16)27(35)30(26(15)34)11-13-2-1-7-36-13/h1-4,6-8,10,15-16,22-23,31H,5,9,11H2/t15-,16+,22+,23-/m0/s1. The Morgan fingerprint density at radius 3 is 2.67 bits per heavy atom. The van der Waals surface area contributed by atoms with Crippen LogP contribution < -0.4 is 0 Å². The van der Waals surface area contributed by atoms with Crippen molar-refractivity contribution in [2.75, 3.05) is 0 Å². The summed E-state index contributed by atoms with van der Waals surface area (Å²) in [7, 11) is 0. The number of fused-ring (bicyclic) bond motifs is 3. The average molecular weight is 585 g/mol. The number of carbonyl (C=O) groups excluding carboxylic acids is 4. The van der Waals surface area contributed by atoms with Crippen molar-refractivity contribution in [2.24, 2.45) is 17.8 Å². The molecule has 36 heavy (non-hydrogen) atoms. The number of aromatic hydroxyl groups is 1. The number of rotatable bonds is 3. The lowest BCUT2D eigenvalue weighted by Gasteiger charge is -2.42. The van der Waals surface area contributed by atoms with Gasteiger partial charge in [0.15, 0.2) is 11.6 Å². The van der Waals surface area contributed by atoms with Gasteiger partial charge in [0, 0.05) is 38.6 Å². The summed E-state index contributed by atoms with van der Waals surface area (Å²) in [6.07, 6.45) is 3.71. The van der Waals surface area contributed by atoms with Crippen LogP contribution in [0, 0.1) is 17.8 Å². The van der Waals surface area contributed by atoms with Crippen molar-refractivity contribution in [3.05, 3.63) is 84.5 Å². The van der Waals surface area contributed by atoms with Crippen LogP contribution in [-0.2, 0) is 25.7 Å². The second-order valence-corrected chi connectivity index (χ2v) is 11.8. The zero-order chi connectivity index (χ0) is 25.3. The molecule has 4 aliphatic rings. The molecule has 0 saturated carbocycles. The van der Waals surface area contributed by atoms with Crippen LogP contribution >= 0.6 is 38.9 Å². The first-order valence-corrected chi connectivity index (χ1v) is 13.6. The van der Waals surface area contributed by atoms with E-state index in [1.165, 1.54) is 28.4 Å². The Labute approximate surface area is 224 Å². The van der Waals surface area contributed by atoms with Crippen molar-refractivity contribution in [3.63, 3.8) is 0 Å². The first-order chi connectivity index (χ1) is 17.3. The van der Waals surface area contributed by atoms with Gasteiger partial charge in [-0.25, -0.2) is 0 Å². The smallest absolute Gasteiger partial charge is 0.234 e. The minimum absolute atomic E-state index is 0.0538. The molecular formula is C27H19BrClNO5S. The topological polar surface area (TPSA) is 91.8 Å². The third-order valence-electron chi connectivity index (χ3n) is 7.62. The second-order valence-electron chi connectivity index (χ2n) is 9.44. The number of carbonyl (C=O) groups is 4. The number of phenolic OH excluding ortho intramolecular Hbond substituents is 1. The Kier molecular flexibility index (Phi) is 5.66. The number of allylic oxidation sites excluding steroid dienone is 6. The number of benzene rings is 1. The maximum Gasteiger partial charge on any atom is 0.234 e. The SMILES string of the molecule is O=C1C=C(Br)C(=O)C2=C1[C@@H](c1cc(Cl)ccc1O)C1=CC[C@@H]3C(=O)N(Cc4cccs4)C(=O)[C@@H]3[C@@H]1C2. The van der Waals surface area contributed by atoms with E-state index in [0.29, 0.717) is 28.2 Å². The van der Waals surface area contributed by atoms with Crippen LogP contribution in [0.2, 0.25) is 5.02 Å². The molecule has 0 unspecified atom stereocenters. The van der Waals surface area contributed by atoms with Gasteiger partial charge in [-0.05, 0) is 64.3 Å². The van der Waals surface area contributed by atoms with Crippen molar-refractivity contribution in [1.29, 1.82) is 0 Å². The Hall–Kier alpha value is -2.81. The number of hydrogen-bond donors (Lipinski definition) is 1. The third kappa shape index (κ3) is 3.49. The first kappa shape index (κ1) is 23.6. The van der Waals surface area contributed by atoms with Crippen molar-refractivity contribution in [3.8, 4) is 5.75 Å². The largest absolute Gasteiger partial charge is 0.508 e. The summed E-state index contributed by atoms with van der Waals surface area (Å²) in [6, 6.07) is 8.38. The molecule has 1 saturated heterocycles. The fraction of sp³-hybridized carbons (Fsp3) is 0.259. The molecule has 0 radical (unpaired) electrons. The molecule has 1 fully saturated rings. The van der Waals surface area contributed by atoms with E-state index in [0.717, 1.165) is 10.5 Å². The van der Waals surface area contributed by atoms with Gasteiger partial charge in [-0.3, -0.25) is 24.1 Å². The molecule has 2 aromatic rings. The van der Waals surface area contributed by atoms with E-state index in [4.69, 9.17) is 11.6 Å². The molecule has 1 N–H and O–H groups in total. The van der Waals surface area contributed by atoms with Gasteiger partial charge in [0.05, 0.1) is 22.9 Å². The van der Waals surface area contributed by atoms with Crippen molar-refractivity contribution in [1.82, 2.24) is 4.90 Å². The quantitative estimate of drug-likeness (QED) is 0.309. The predicted octanol–water partition coefficient (Wildman–Crippen LogP) is 5.07. The Bertz CT molecular complexity index is 1460. The number of halogens is 2. The molecule has 182 valence electrons. The molecule has 6 nitrogen and oxygen atoms in total. The number of imide groups is 1. The molecule has 4 atom stereocenters. The Balaban J connectivity index is 1.48. The lowest BCUT2D eigenvalue weighted by Crippen LogP contribution is -2.39. The highest BCUT2D eigenvalue weighted by molar-refractivity contribution is 9.12. The molecule has 2 amide bonds. The molecule has 0 bridgehead atoms. The number of likely N-dealkylation sites (tertiary alicyclic amines) is 1. The van der Waals surface area contributed by atoms with E-state index < -0.39 is 23.7 Å². The minimum Gasteiger partial charge on any atom is -0.508 e. The van der Waals surface area contributed by atoms with Crippen LogP contribution in [0.15, 0.2) is 69.1 Å². The second kappa shape index (κ2) is 8.64. The highest BCUT2D eigenvalue weighted by Gasteiger charge is 2.56. The lowest BCUT2D eigenvalue weighted by atomic mass is 9.59. The van der Waals surface area contributed by atoms with Gasteiger partial charge in [-0.15, -0.1) is 11.3 Å². The molecule has 1 aromatic heterocycles. The third-order valence-corrected chi connectivity index (χ3v) is 9.30. The van der Waals surface area contributed by atoms with Gasteiger partial charge in [0.1, 0.15) is 5.75 Å². The molecular weight excluding hydrogens is 566 g/mol. The van der Waals surface area contributed by atoms with Gasteiger partial charge in [0.2, 0.25) is 11.8 Å². The monoisotopic (exact) mass is 583 g/mol. The zero-order valence-electron chi connectivity index (χ0n) is 18.7. The summed E-state index contributed by atoms with van der Waals surface area (Å²) in [6.45, 7) is 0.225. The summed E-state index contributed by atoms with van der Waals surface area (Å²) in [5.41, 5.74) is 1.80. The number of Topliss-reactive ketones (excluding diaryl/α,β-unsaturated/α-hetero) is 1. The Morgan fingerprint density at radius 1 is 1.11 bits per heavy atom. The molecule has 6 rings (SSSR count). The minimum atomic E-state index is -0.735. The number of nitrogens with zero attached hydrogens (tertiary/aromatic N) is 1. The van der Waals surface area contributed by atoms with Crippen LogP contribution in [0.25, 0.3) is 0 Å². The van der Waals surface area contributed by atoms with E-state index in [2.05, 4.69) is 15.9 Å². The fourth-order valence-corrected chi connectivity index (χ4v) is 7.42. The lowest BCUT2D eigenvalue weighted by molar-refractivity contribution is -0.140. The molecule has 2 heterocycles. The number of phenols is 1. The van der Waals surface area contributed by atoms with E-state index in [1.54, 1.807) is 12.1 Å². The highest BCUT2D eigenvalue weighted by Crippen LogP contribution is 2.56.